The summed E-state index contributed by atoms with van der Waals surface area (Å²) in [5.41, 5.74) is 4.27. The molecule has 2 heteroatoms. The van der Waals surface area contributed by atoms with E-state index in [1.807, 2.05) is 19.1 Å². The summed E-state index contributed by atoms with van der Waals surface area (Å²) in [6.07, 6.45) is 0. The van der Waals surface area contributed by atoms with E-state index in [1.54, 1.807) is 12.1 Å². The molecule has 0 spiro atoms. The van der Waals surface area contributed by atoms with Crippen LogP contribution in [0.15, 0.2) is 24.3 Å². The average molecular weight is 121 g/mol. The highest BCUT2D eigenvalue weighted by Gasteiger charge is 1.87. The topological polar surface area (TPSA) is 37.2 Å². The lowest BCUT2D eigenvalue weighted by molar-refractivity contribution is 1.17. The van der Waals surface area contributed by atoms with Crippen LogP contribution >= 0.6 is 0 Å². The van der Waals surface area contributed by atoms with Gasteiger partial charge in [0.15, 0.2) is 0 Å². The summed E-state index contributed by atoms with van der Waals surface area (Å²) in [5, 5.41) is 9.98. The number of benzene rings is 1. The molecule has 47 valence electrons. The summed E-state index contributed by atoms with van der Waals surface area (Å²) in [4.78, 5) is 0. The van der Waals surface area contributed by atoms with Crippen LogP contribution in [0.3, 0.4) is 0 Å². The summed E-state index contributed by atoms with van der Waals surface area (Å²) in [7, 11) is 0. The second kappa shape index (κ2) is 2.51. The van der Waals surface area contributed by atoms with Crippen LogP contribution in [0, 0.1) is 12.1 Å². The van der Waals surface area contributed by atoms with Gasteiger partial charge in [-0.3, -0.25) is 0 Å². The van der Waals surface area contributed by atoms with Crippen molar-refractivity contribution in [3.63, 3.8) is 0 Å². The quantitative estimate of drug-likeness (QED) is 0.521. The Bertz CT molecular complexity index is 198. The molecular formula is C7H7NO-. The van der Waals surface area contributed by atoms with Gasteiger partial charge in [-0.1, -0.05) is 18.2 Å². The molecule has 0 atom stereocenters. The van der Waals surface area contributed by atoms with Crippen molar-refractivity contribution < 1.29 is 0 Å². The molecule has 0 aliphatic rings. The molecule has 1 radical (unpaired) electrons. The van der Waals surface area contributed by atoms with E-state index in [4.69, 9.17) is 0 Å². The third kappa shape index (κ3) is 1.21. The van der Waals surface area contributed by atoms with E-state index in [0.29, 0.717) is 5.69 Å². The van der Waals surface area contributed by atoms with Gasteiger partial charge in [0.1, 0.15) is 0 Å². The zero-order chi connectivity index (χ0) is 6.69. The second-order valence-corrected chi connectivity index (χ2v) is 1.88. The molecule has 0 aromatic heterocycles. The minimum Gasteiger partial charge on any atom is -0.739 e. The maximum absolute atomic E-state index is 9.98. The first-order valence-electron chi connectivity index (χ1n) is 2.73. The molecule has 0 aliphatic heterocycles. The van der Waals surface area contributed by atoms with Crippen LogP contribution in [0.5, 0.6) is 0 Å². The summed E-state index contributed by atoms with van der Waals surface area (Å²) in [6.45, 7) is 1.86. The number of hydrogen-bond acceptors (Lipinski definition) is 1. The first-order chi connectivity index (χ1) is 4.34. The Morgan fingerprint density at radius 3 is 2.44 bits per heavy atom. The summed E-state index contributed by atoms with van der Waals surface area (Å²) in [6, 6.07) is 7.23. The van der Waals surface area contributed by atoms with Gasteiger partial charge in [-0.15, -0.1) is 0 Å². The number of aryl methyl sites for hydroxylation is 1. The Balaban J connectivity index is 3.01. The Morgan fingerprint density at radius 2 is 2.00 bits per heavy atom. The van der Waals surface area contributed by atoms with Gasteiger partial charge >= 0.3 is 0 Å². The number of rotatable bonds is 1. The molecular weight excluding hydrogens is 114 g/mol. The van der Waals surface area contributed by atoms with Crippen molar-refractivity contribution in [1.29, 1.82) is 0 Å². The van der Waals surface area contributed by atoms with E-state index in [1.165, 1.54) is 0 Å². The molecule has 2 nitrogen and oxygen atoms in total. The molecule has 0 unspecified atom stereocenters. The van der Waals surface area contributed by atoms with Gasteiger partial charge in [-0.2, -0.15) is 0 Å². The van der Waals surface area contributed by atoms with Crippen LogP contribution in [-0.4, -0.2) is 0 Å². The first-order valence-corrected chi connectivity index (χ1v) is 2.73. The fraction of sp³-hybridized carbons (Fsp3) is 0.143. The largest absolute Gasteiger partial charge is 0.739 e. The van der Waals surface area contributed by atoms with Gasteiger partial charge in [-0.25, -0.2) is 0 Å². The lowest BCUT2D eigenvalue weighted by atomic mass is 10.2. The molecule has 0 saturated heterocycles. The predicted molar refractivity (Wildman–Crippen MR) is 36.3 cm³/mol. The number of hydrogen-bond donors (Lipinski definition) is 0. The van der Waals surface area contributed by atoms with Crippen LogP contribution in [-0.2, 0) is 0 Å². The zero-order valence-corrected chi connectivity index (χ0v) is 5.16. The van der Waals surface area contributed by atoms with Crippen molar-refractivity contribution in [3.8, 4) is 0 Å². The zero-order valence-electron chi connectivity index (χ0n) is 5.16. The Morgan fingerprint density at radius 1 is 1.33 bits per heavy atom. The predicted octanol–water partition coefficient (Wildman–Crippen LogP) is 1.73. The highest BCUT2D eigenvalue weighted by Crippen LogP contribution is 2.11. The van der Waals surface area contributed by atoms with Gasteiger partial charge < -0.3 is 10.7 Å². The van der Waals surface area contributed by atoms with Gasteiger partial charge in [0, 0.05) is 5.69 Å². The Labute approximate surface area is 54.1 Å². The lowest BCUT2D eigenvalue weighted by Crippen LogP contribution is -1.85. The maximum Gasteiger partial charge on any atom is 0.0473 e. The van der Waals surface area contributed by atoms with E-state index in [2.05, 4.69) is 5.48 Å². The molecule has 9 heavy (non-hydrogen) atoms. The molecule has 1 aromatic carbocycles. The van der Waals surface area contributed by atoms with Crippen molar-refractivity contribution in [1.82, 2.24) is 5.48 Å². The fourth-order valence-corrected chi connectivity index (χ4v) is 0.666. The van der Waals surface area contributed by atoms with Gasteiger partial charge in [0.05, 0.1) is 0 Å². The lowest BCUT2D eigenvalue weighted by Gasteiger charge is -2.07. The van der Waals surface area contributed by atoms with Crippen molar-refractivity contribution in [2.75, 3.05) is 0 Å². The van der Waals surface area contributed by atoms with E-state index in [-0.39, 0.29) is 0 Å². The van der Waals surface area contributed by atoms with E-state index >= 15 is 0 Å². The van der Waals surface area contributed by atoms with Crippen molar-refractivity contribution in [3.05, 3.63) is 35.0 Å². The van der Waals surface area contributed by atoms with E-state index in [9.17, 15) is 5.21 Å². The maximum atomic E-state index is 9.98. The summed E-state index contributed by atoms with van der Waals surface area (Å²) < 4.78 is 0. The van der Waals surface area contributed by atoms with Crippen molar-refractivity contribution >= 4 is 5.69 Å². The minimum atomic E-state index is 0.525. The smallest absolute Gasteiger partial charge is 0.0473 e. The van der Waals surface area contributed by atoms with Gasteiger partial charge in [0.2, 0.25) is 0 Å². The molecule has 1 aromatic rings. The Hall–Kier alpha value is -1.02. The monoisotopic (exact) mass is 121 g/mol. The highest BCUT2D eigenvalue weighted by atomic mass is 16.5. The summed E-state index contributed by atoms with van der Waals surface area (Å²) in [5.74, 6) is 0. The molecule has 0 amide bonds. The molecule has 0 N–H and O–H groups in total. The van der Waals surface area contributed by atoms with Crippen LogP contribution in [0.1, 0.15) is 5.56 Å². The minimum absolute atomic E-state index is 0.525. The Kier molecular flexibility index (Phi) is 1.70. The van der Waals surface area contributed by atoms with E-state index in [0.717, 1.165) is 5.56 Å². The molecule has 0 aliphatic carbocycles. The van der Waals surface area contributed by atoms with Crippen LogP contribution < -0.4 is 5.48 Å². The van der Waals surface area contributed by atoms with Crippen molar-refractivity contribution in [2.24, 2.45) is 0 Å². The van der Waals surface area contributed by atoms with Crippen molar-refractivity contribution in [2.45, 2.75) is 6.92 Å². The SMILES string of the molecule is Cc1ccccc1[N][O-]. The standard InChI is InChI=1S/C7H7NO/c1-6-4-2-3-5-7(6)8-9/h2-5H,1H3/q-1. The normalized spacial score (nSPS) is 9.11. The molecule has 0 fully saturated rings. The van der Waals surface area contributed by atoms with Crippen LogP contribution in [0.25, 0.3) is 0 Å². The molecule has 0 heterocycles. The highest BCUT2D eigenvalue weighted by molar-refractivity contribution is 5.43. The van der Waals surface area contributed by atoms with E-state index < -0.39 is 0 Å². The first kappa shape index (κ1) is 6.11. The summed E-state index contributed by atoms with van der Waals surface area (Å²) >= 11 is 0. The third-order valence-electron chi connectivity index (χ3n) is 1.21. The average Bonchev–Trinajstić information content (AvgIpc) is 1.89. The number of nitrogens with zero attached hydrogens (tertiary/aromatic N) is 1. The van der Waals surface area contributed by atoms with Gasteiger partial charge in [-0.05, 0) is 18.6 Å². The third-order valence-corrected chi connectivity index (χ3v) is 1.21. The molecule has 1 rings (SSSR count). The molecule has 0 bridgehead atoms. The van der Waals surface area contributed by atoms with Gasteiger partial charge in [0.25, 0.3) is 0 Å². The molecule has 0 saturated carbocycles. The fourth-order valence-electron chi connectivity index (χ4n) is 0.666. The van der Waals surface area contributed by atoms with Crippen LogP contribution in [0.4, 0.5) is 5.69 Å². The second-order valence-electron chi connectivity index (χ2n) is 1.88. The van der Waals surface area contributed by atoms with Crippen LogP contribution in [0.2, 0.25) is 0 Å².